The zero-order valence-electron chi connectivity index (χ0n) is 18.2. The van der Waals surface area contributed by atoms with Crippen molar-refractivity contribution >= 4 is 28.3 Å². The van der Waals surface area contributed by atoms with Crippen LogP contribution in [0, 0.1) is 17.1 Å². The maximum Gasteiger partial charge on any atom is 0.152 e. The number of anilines is 1. The predicted octanol–water partition coefficient (Wildman–Crippen LogP) is 5.02. The number of nitrogens with zero attached hydrogens (tertiary/aromatic N) is 4. The molecular weight excluding hydrogens is 457 g/mol. The summed E-state index contributed by atoms with van der Waals surface area (Å²) in [6, 6.07) is 9.17. The van der Waals surface area contributed by atoms with Crippen LogP contribution < -0.4 is 15.2 Å². The van der Waals surface area contributed by atoms with E-state index >= 15 is 4.39 Å². The molecule has 9 heteroatoms. The Morgan fingerprint density at radius 1 is 1.32 bits per heavy atom. The minimum Gasteiger partial charge on any atom is -0.492 e. The highest BCUT2D eigenvalue weighted by molar-refractivity contribution is 6.31. The molecule has 0 spiro atoms. The third-order valence-electron chi connectivity index (χ3n) is 6.26. The van der Waals surface area contributed by atoms with Crippen LogP contribution in [0.1, 0.15) is 24.0 Å². The minimum atomic E-state index is -0.694. The second kappa shape index (κ2) is 7.61. The van der Waals surface area contributed by atoms with Gasteiger partial charge in [0.25, 0.3) is 0 Å². The van der Waals surface area contributed by atoms with Crippen molar-refractivity contribution in [1.82, 2.24) is 14.8 Å². The van der Waals surface area contributed by atoms with Crippen LogP contribution >= 0.6 is 11.6 Å². The molecule has 0 unspecified atom stereocenters. The highest BCUT2D eigenvalue weighted by Gasteiger charge is 2.30. The molecule has 2 aliphatic rings. The van der Waals surface area contributed by atoms with Gasteiger partial charge in [0.2, 0.25) is 0 Å². The van der Waals surface area contributed by atoms with E-state index in [1.807, 2.05) is 18.2 Å². The molecule has 2 aromatic heterocycles. The number of pyridine rings is 1. The predicted molar refractivity (Wildman–Crippen MR) is 126 cm³/mol. The summed E-state index contributed by atoms with van der Waals surface area (Å²) in [7, 11) is 1.69. The number of nitriles is 1. The van der Waals surface area contributed by atoms with Gasteiger partial charge < -0.3 is 15.2 Å². The van der Waals surface area contributed by atoms with Crippen LogP contribution in [0.25, 0.3) is 33.3 Å². The lowest BCUT2D eigenvalue weighted by Crippen LogP contribution is -2.04. The molecule has 3 heterocycles. The number of hydrogen-bond donors (Lipinski definition) is 1. The van der Waals surface area contributed by atoms with Crippen LogP contribution in [-0.2, 0) is 13.5 Å². The van der Waals surface area contributed by atoms with Gasteiger partial charge in [0.1, 0.15) is 28.9 Å². The average Bonchev–Trinajstić information content (AvgIpc) is 3.34. The van der Waals surface area contributed by atoms with Gasteiger partial charge in [-0.25, -0.2) is 9.37 Å². The van der Waals surface area contributed by atoms with Gasteiger partial charge in [-0.2, -0.15) is 10.4 Å². The summed E-state index contributed by atoms with van der Waals surface area (Å²) in [4.78, 5) is 4.56. The van der Waals surface area contributed by atoms with Crippen LogP contribution in [0.15, 0.2) is 30.5 Å². The number of ether oxygens (including phenoxy) is 2. The van der Waals surface area contributed by atoms with E-state index in [1.54, 1.807) is 13.2 Å². The summed E-state index contributed by atoms with van der Waals surface area (Å²) >= 11 is 6.24. The summed E-state index contributed by atoms with van der Waals surface area (Å²) in [5.74, 6) is 0.785. The van der Waals surface area contributed by atoms with E-state index in [9.17, 15) is 5.26 Å². The van der Waals surface area contributed by atoms with E-state index in [4.69, 9.17) is 26.8 Å². The Morgan fingerprint density at radius 3 is 2.91 bits per heavy atom. The van der Waals surface area contributed by atoms with Gasteiger partial charge in [-0.05, 0) is 30.5 Å². The van der Waals surface area contributed by atoms with Crippen LogP contribution in [-0.4, -0.2) is 27.5 Å². The van der Waals surface area contributed by atoms with Crippen LogP contribution in [0.5, 0.6) is 11.5 Å². The van der Waals surface area contributed by atoms with Gasteiger partial charge >= 0.3 is 0 Å². The van der Waals surface area contributed by atoms with Crippen molar-refractivity contribution < 1.29 is 13.9 Å². The first-order chi connectivity index (χ1) is 16.5. The molecule has 1 aliphatic heterocycles. The molecule has 6 rings (SSSR count). The Labute approximate surface area is 199 Å². The van der Waals surface area contributed by atoms with Crippen LogP contribution in [0.2, 0.25) is 5.02 Å². The van der Waals surface area contributed by atoms with Crippen molar-refractivity contribution in [1.29, 1.82) is 5.26 Å². The Bertz CT molecular complexity index is 1540. The maximum absolute atomic E-state index is 15.5. The maximum atomic E-state index is 15.5. The standard InChI is InChI=1S/C25H19ClFN5O2/c1-32-23(21-16(10-28)20(34-13-3-4-13)9-18(26)22(21)27)17(11-30-32)12-2-5-14-19(8-12)31-25(29)15-6-7-33-24(14)15/h2,5,8-9,11,13H,3-4,6-7H2,1H3,(H2,29,31). The van der Waals surface area contributed by atoms with E-state index in [0.29, 0.717) is 29.2 Å². The highest BCUT2D eigenvalue weighted by Crippen LogP contribution is 2.44. The summed E-state index contributed by atoms with van der Waals surface area (Å²) in [6.45, 7) is 0.574. The Morgan fingerprint density at radius 2 is 2.15 bits per heavy atom. The van der Waals surface area contributed by atoms with Crippen LogP contribution in [0.4, 0.5) is 10.2 Å². The number of halogens is 2. The molecule has 4 aromatic rings. The number of nitrogens with two attached hydrogens (primary N) is 1. The molecular formula is C25H19ClFN5O2. The first-order valence-electron chi connectivity index (χ1n) is 10.9. The third kappa shape index (κ3) is 3.16. The van der Waals surface area contributed by atoms with Gasteiger partial charge in [0.05, 0.1) is 40.7 Å². The number of fused-ring (bicyclic) bond motifs is 3. The fraction of sp³-hybridized carbons (Fsp3) is 0.240. The Kier molecular flexibility index (Phi) is 4.64. The van der Waals surface area contributed by atoms with Crippen molar-refractivity contribution in [2.75, 3.05) is 12.3 Å². The number of benzene rings is 2. The first-order valence-corrected chi connectivity index (χ1v) is 11.3. The molecule has 0 amide bonds. The molecule has 2 aromatic carbocycles. The van der Waals surface area contributed by atoms with Crippen molar-refractivity contribution in [2.24, 2.45) is 7.05 Å². The molecule has 0 bridgehead atoms. The largest absolute Gasteiger partial charge is 0.492 e. The van der Waals surface area contributed by atoms with E-state index in [2.05, 4.69) is 16.2 Å². The molecule has 1 aliphatic carbocycles. The van der Waals surface area contributed by atoms with Gasteiger partial charge in [-0.3, -0.25) is 4.68 Å². The molecule has 2 N–H and O–H groups in total. The lowest BCUT2D eigenvalue weighted by Gasteiger charge is -2.15. The number of aromatic nitrogens is 3. The molecule has 170 valence electrons. The first kappa shape index (κ1) is 20.8. The number of hydrogen-bond acceptors (Lipinski definition) is 6. The molecule has 0 radical (unpaired) electrons. The molecule has 7 nitrogen and oxygen atoms in total. The quantitative estimate of drug-likeness (QED) is 0.444. The van der Waals surface area contributed by atoms with E-state index in [1.165, 1.54) is 10.7 Å². The molecule has 1 saturated carbocycles. The Balaban J connectivity index is 1.56. The van der Waals surface area contributed by atoms with Gasteiger partial charge in [-0.15, -0.1) is 0 Å². The second-order valence-electron chi connectivity index (χ2n) is 8.52. The van der Waals surface area contributed by atoms with Gasteiger partial charge in [0, 0.05) is 36.0 Å². The topological polar surface area (TPSA) is 99.0 Å². The zero-order chi connectivity index (χ0) is 23.6. The minimum absolute atomic E-state index is 0.0217. The lowest BCUT2D eigenvalue weighted by molar-refractivity contribution is 0.302. The highest BCUT2D eigenvalue weighted by atomic mass is 35.5. The number of aryl methyl sites for hydroxylation is 1. The number of nitrogen functional groups attached to an aromatic ring is 1. The third-order valence-corrected chi connectivity index (χ3v) is 6.54. The monoisotopic (exact) mass is 475 g/mol. The zero-order valence-corrected chi connectivity index (χ0v) is 19.0. The van der Waals surface area contributed by atoms with E-state index in [-0.39, 0.29) is 28.0 Å². The van der Waals surface area contributed by atoms with Gasteiger partial charge in [-0.1, -0.05) is 17.7 Å². The van der Waals surface area contributed by atoms with Crippen molar-refractivity contribution in [3.05, 3.63) is 52.4 Å². The van der Waals surface area contributed by atoms with Crippen molar-refractivity contribution in [3.8, 4) is 40.0 Å². The Hall–Kier alpha value is -3.83. The second-order valence-corrected chi connectivity index (χ2v) is 8.92. The fourth-order valence-corrected chi connectivity index (χ4v) is 4.66. The summed E-state index contributed by atoms with van der Waals surface area (Å²) in [5, 5.41) is 15.1. The SMILES string of the molecule is Cn1ncc(-c2ccc3c4c(c(N)nc3c2)CCO4)c1-c1c(F)c(Cl)cc(OC2CC2)c1C#N. The lowest BCUT2D eigenvalue weighted by atomic mass is 9.96. The van der Waals surface area contributed by atoms with Crippen LogP contribution in [0.3, 0.4) is 0 Å². The molecule has 0 saturated heterocycles. The molecule has 34 heavy (non-hydrogen) atoms. The van der Waals surface area contributed by atoms with Gasteiger partial charge in [0.15, 0.2) is 5.82 Å². The fourth-order valence-electron chi connectivity index (χ4n) is 4.46. The van der Waals surface area contributed by atoms with E-state index in [0.717, 1.165) is 41.5 Å². The summed E-state index contributed by atoms with van der Waals surface area (Å²) < 4.78 is 28.7. The van der Waals surface area contributed by atoms with E-state index < -0.39 is 5.82 Å². The number of rotatable bonds is 4. The van der Waals surface area contributed by atoms with Crippen molar-refractivity contribution in [3.63, 3.8) is 0 Å². The smallest absolute Gasteiger partial charge is 0.152 e. The summed E-state index contributed by atoms with van der Waals surface area (Å²) in [5.41, 5.74) is 9.69. The average molecular weight is 476 g/mol. The summed E-state index contributed by atoms with van der Waals surface area (Å²) in [6.07, 6.45) is 4.18. The molecule has 0 atom stereocenters. The molecule has 1 fully saturated rings. The van der Waals surface area contributed by atoms with Crippen molar-refractivity contribution in [2.45, 2.75) is 25.4 Å². The normalized spacial score (nSPS) is 14.6.